The number of aliphatic hydroxyl groups excluding tert-OH is 1. The Kier molecular flexibility index (Phi) is 4.73. The van der Waals surface area contributed by atoms with Gasteiger partial charge >= 0.3 is 0 Å². The van der Waals surface area contributed by atoms with Crippen LogP contribution >= 0.6 is 0 Å². The maximum atomic E-state index is 11.7. The van der Waals surface area contributed by atoms with Gasteiger partial charge in [0, 0.05) is 23.9 Å². The van der Waals surface area contributed by atoms with E-state index in [9.17, 15) is 4.79 Å². The van der Waals surface area contributed by atoms with Crippen molar-refractivity contribution in [1.29, 1.82) is 0 Å². The third kappa shape index (κ3) is 3.87. The summed E-state index contributed by atoms with van der Waals surface area (Å²) in [5.41, 5.74) is 7.93. The zero-order valence-electron chi connectivity index (χ0n) is 9.44. The minimum absolute atomic E-state index is 0.0876. The van der Waals surface area contributed by atoms with E-state index >= 15 is 0 Å². The summed E-state index contributed by atoms with van der Waals surface area (Å²) >= 11 is 0. The van der Waals surface area contributed by atoms with Crippen LogP contribution in [0, 0.1) is 6.92 Å². The lowest BCUT2D eigenvalue weighted by atomic mass is 10.1. The van der Waals surface area contributed by atoms with Gasteiger partial charge in [0.1, 0.15) is 0 Å². The normalized spacial score (nSPS) is 11.5. The topological polar surface area (TPSA) is 63.3 Å². The lowest BCUT2D eigenvalue weighted by Crippen LogP contribution is -2.04. The summed E-state index contributed by atoms with van der Waals surface area (Å²) in [6.45, 7) is 2.06. The molecule has 3 N–H and O–H groups in total. The van der Waals surface area contributed by atoms with E-state index in [1.807, 2.05) is 19.1 Å². The highest BCUT2D eigenvalue weighted by Crippen LogP contribution is 2.06. The van der Waals surface area contributed by atoms with Crippen LogP contribution in [0.2, 0.25) is 0 Å². The third-order valence-corrected chi connectivity index (χ3v) is 2.28. The fourth-order valence-corrected chi connectivity index (χ4v) is 1.32. The summed E-state index contributed by atoms with van der Waals surface area (Å²) in [7, 11) is 0. The van der Waals surface area contributed by atoms with E-state index in [1.54, 1.807) is 12.1 Å². The number of benzene rings is 1. The van der Waals surface area contributed by atoms with Crippen molar-refractivity contribution in [1.82, 2.24) is 0 Å². The van der Waals surface area contributed by atoms with Gasteiger partial charge in [-0.3, -0.25) is 4.79 Å². The summed E-state index contributed by atoms with van der Waals surface area (Å²) in [4.78, 5) is 11.7. The third-order valence-electron chi connectivity index (χ3n) is 2.28. The second kappa shape index (κ2) is 6.08. The summed E-state index contributed by atoms with van der Waals surface area (Å²) in [6.07, 6.45) is 2.57. The van der Waals surface area contributed by atoms with Crippen molar-refractivity contribution in [2.24, 2.45) is 5.73 Å². The van der Waals surface area contributed by atoms with Gasteiger partial charge in [0.2, 0.25) is 0 Å². The molecule has 0 aliphatic heterocycles. The van der Waals surface area contributed by atoms with E-state index in [0.29, 0.717) is 24.1 Å². The number of allylic oxidation sites excluding steroid dienone is 2. The van der Waals surface area contributed by atoms with Gasteiger partial charge in [0.25, 0.3) is 0 Å². The van der Waals surface area contributed by atoms with Crippen LogP contribution < -0.4 is 5.73 Å². The molecule has 0 saturated carbocycles. The Morgan fingerprint density at radius 2 is 2.00 bits per heavy atom. The van der Waals surface area contributed by atoms with Gasteiger partial charge < -0.3 is 10.8 Å². The highest BCUT2D eigenvalue weighted by atomic mass is 16.2. The van der Waals surface area contributed by atoms with E-state index in [1.165, 1.54) is 6.08 Å². The molecule has 0 fully saturated rings. The molecular weight excluding hydrogens is 202 g/mol. The number of hydrogen-bond donors (Lipinski definition) is 2. The predicted octanol–water partition coefficient (Wildman–Crippen LogP) is 1.79. The standard InChI is InChI=1S/C13H17NO2/c1-10-4-6-11(7-5-10)13(16)9-12(14)3-2-8-15/h4-7,9,15H,2-3,8,14H2,1H3. The van der Waals surface area contributed by atoms with Gasteiger partial charge in [-0.25, -0.2) is 0 Å². The number of nitrogens with two attached hydrogens (primary N) is 1. The Hall–Kier alpha value is -1.61. The van der Waals surface area contributed by atoms with Crippen molar-refractivity contribution in [3.63, 3.8) is 0 Å². The number of ketones is 1. The molecule has 0 aliphatic carbocycles. The molecule has 1 aromatic carbocycles. The molecule has 16 heavy (non-hydrogen) atoms. The summed E-state index contributed by atoms with van der Waals surface area (Å²) in [5.74, 6) is -0.0876. The zero-order chi connectivity index (χ0) is 12.0. The van der Waals surface area contributed by atoms with E-state index in [2.05, 4.69) is 0 Å². The van der Waals surface area contributed by atoms with Crippen LogP contribution in [0.1, 0.15) is 28.8 Å². The average Bonchev–Trinajstić information content (AvgIpc) is 2.27. The first-order chi connectivity index (χ1) is 7.63. The predicted molar refractivity (Wildman–Crippen MR) is 64.1 cm³/mol. The van der Waals surface area contributed by atoms with Crippen LogP contribution in [0.3, 0.4) is 0 Å². The molecule has 1 aromatic rings. The SMILES string of the molecule is Cc1ccc(C(=O)C=C(N)CCCO)cc1. The molecule has 3 nitrogen and oxygen atoms in total. The van der Waals surface area contributed by atoms with Crippen LogP contribution in [0.5, 0.6) is 0 Å². The van der Waals surface area contributed by atoms with Gasteiger partial charge in [0.05, 0.1) is 0 Å². The number of aryl methyl sites for hydroxylation is 1. The smallest absolute Gasteiger partial charge is 0.187 e. The molecule has 3 heteroatoms. The molecular formula is C13H17NO2. The molecule has 0 spiro atoms. The highest BCUT2D eigenvalue weighted by Gasteiger charge is 2.02. The monoisotopic (exact) mass is 219 g/mol. The van der Waals surface area contributed by atoms with Crippen molar-refractivity contribution in [3.05, 3.63) is 47.2 Å². The molecule has 86 valence electrons. The molecule has 0 heterocycles. The molecule has 0 aliphatic rings. The minimum Gasteiger partial charge on any atom is -0.402 e. The fourth-order valence-electron chi connectivity index (χ4n) is 1.32. The van der Waals surface area contributed by atoms with Crippen LogP contribution in [0.4, 0.5) is 0 Å². The molecule has 0 radical (unpaired) electrons. The van der Waals surface area contributed by atoms with Gasteiger partial charge in [-0.1, -0.05) is 29.8 Å². The lowest BCUT2D eigenvalue weighted by Gasteiger charge is -2.00. The summed E-state index contributed by atoms with van der Waals surface area (Å²) in [5, 5.41) is 8.63. The number of hydrogen-bond acceptors (Lipinski definition) is 3. The number of carbonyl (C=O) groups excluding carboxylic acids is 1. The summed E-state index contributed by atoms with van der Waals surface area (Å²) in [6, 6.07) is 7.36. The number of carbonyl (C=O) groups is 1. The van der Waals surface area contributed by atoms with Gasteiger partial charge in [0.15, 0.2) is 5.78 Å². The Bertz CT molecular complexity index is 379. The number of rotatable bonds is 5. The van der Waals surface area contributed by atoms with Crippen molar-refractivity contribution in [2.45, 2.75) is 19.8 Å². The molecule has 0 amide bonds. The van der Waals surface area contributed by atoms with Gasteiger partial charge in [-0.05, 0) is 19.8 Å². The first-order valence-corrected chi connectivity index (χ1v) is 5.31. The lowest BCUT2D eigenvalue weighted by molar-refractivity contribution is 0.104. The first-order valence-electron chi connectivity index (χ1n) is 5.31. The molecule has 0 aromatic heterocycles. The average molecular weight is 219 g/mol. The van der Waals surface area contributed by atoms with Gasteiger partial charge in [-0.2, -0.15) is 0 Å². The Labute approximate surface area is 95.6 Å². The van der Waals surface area contributed by atoms with Crippen molar-refractivity contribution in [2.75, 3.05) is 6.61 Å². The van der Waals surface area contributed by atoms with Gasteiger partial charge in [-0.15, -0.1) is 0 Å². The largest absolute Gasteiger partial charge is 0.402 e. The molecule has 0 saturated heterocycles. The molecule has 0 atom stereocenters. The number of aliphatic hydroxyl groups is 1. The quantitative estimate of drug-likeness (QED) is 0.586. The van der Waals surface area contributed by atoms with Crippen molar-refractivity contribution in [3.8, 4) is 0 Å². The minimum atomic E-state index is -0.0876. The second-order valence-electron chi connectivity index (χ2n) is 3.78. The zero-order valence-corrected chi connectivity index (χ0v) is 9.44. The van der Waals surface area contributed by atoms with Crippen LogP contribution in [0.15, 0.2) is 36.0 Å². The second-order valence-corrected chi connectivity index (χ2v) is 3.78. The Morgan fingerprint density at radius 3 is 2.56 bits per heavy atom. The highest BCUT2D eigenvalue weighted by molar-refractivity contribution is 6.04. The van der Waals surface area contributed by atoms with E-state index in [4.69, 9.17) is 10.8 Å². The van der Waals surface area contributed by atoms with Crippen LogP contribution in [0.25, 0.3) is 0 Å². The summed E-state index contributed by atoms with van der Waals surface area (Å²) < 4.78 is 0. The van der Waals surface area contributed by atoms with Crippen molar-refractivity contribution >= 4 is 5.78 Å². The van der Waals surface area contributed by atoms with E-state index in [-0.39, 0.29) is 12.4 Å². The first kappa shape index (κ1) is 12.5. The van der Waals surface area contributed by atoms with Crippen LogP contribution in [-0.2, 0) is 0 Å². The van der Waals surface area contributed by atoms with E-state index in [0.717, 1.165) is 5.56 Å². The Morgan fingerprint density at radius 1 is 1.38 bits per heavy atom. The van der Waals surface area contributed by atoms with Crippen molar-refractivity contribution < 1.29 is 9.90 Å². The maximum absolute atomic E-state index is 11.7. The molecule has 0 bridgehead atoms. The molecule has 1 rings (SSSR count). The van der Waals surface area contributed by atoms with E-state index < -0.39 is 0 Å². The fraction of sp³-hybridized carbons (Fsp3) is 0.308. The Balaban J connectivity index is 2.67. The maximum Gasteiger partial charge on any atom is 0.187 e. The molecule has 0 unspecified atom stereocenters. The van der Waals surface area contributed by atoms with Crippen LogP contribution in [-0.4, -0.2) is 17.5 Å².